The van der Waals surface area contributed by atoms with Crippen LogP contribution < -0.4 is 0 Å². The third-order valence-corrected chi connectivity index (χ3v) is 3.59. The van der Waals surface area contributed by atoms with Gasteiger partial charge >= 0.3 is 5.97 Å². The molecule has 0 N–H and O–H groups in total. The average Bonchev–Trinajstić information content (AvgIpc) is 2.81. The van der Waals surface area contributed by atoms with E-state index < -0.39 is 45.8 Å². The summed E-state index contributed by atoms with van der Waals surface area (Å²) in [7, 11) is 0. The van der Waals surface area contributed by atoms with E-state index in [2.05, 4.69) is 4.84 Å². The van der Waals surface area contributed by atoms with Gasteiger partial charge in [0.1, 0.15) is 10.6 Å². The van der Waals surface area contributed by atoms with Crippen molar-refractivity contribution in [2.75, 3.05) is 0 Å². The van der Waals surface area contributed by atoms with Gasteiger partial charge in [0.2, 0.25) is 0 Å². The molecule has 3 rings (SSSR count). The fourth-order valence-electron chi connectivity index (χ4n) is 2.10. The first-order valence-electron chi connectivity index (χ1n) is 6.36. The SMILES string of the molecule is O=C(ON1C(=O)c2ccccc2C1=O)c1cc(F)c(F)c(Cl)c1F. The molecule has 0 spiro atoms. The maximum absolute atomic E-state index is 13.8. The molecular formula is C15H5ClF3NO4. The van der Waals surface area contributed by atoms with Crippen LogP contribution in [0.4, 0.5) is 13.2 Å². The van der Waals surface area contributed by atoms with Crippen molar-refractivity contribution in [3.05, 3.63) is 69.5 Å². The molecule has 2 aromatic carbocycles. The summed E-state index contributed by atoms with van der Waals surface area (Å²) in [5.41, 5.74) is -1.09. The zero-order valence-electron chi connectivity index (χ0n) is 11.5. The lowest BCUT2D eigenvalue weighted by Crippen LogP contribution is -2.33. The Balaban J connectivity index is 1.93. The molecule has 0 saturated carbocycles. The van der Waals surface area contributed by atoms with Crippen LogP contribution in [0.5, 0.6) is 0 Å². The van der Waals surface area contributed by atoms with Crippen molar-refractivity contribution in [3.8, 4) is 0 Å². The van der Waals surface area contributed by atoms with Crippen molar-refractivity contribution in [1.29, 1.82) is 0 Å². The molecule has 2 aromatic rings. The Bertz CT molecular complexity index is 881. The summed E-state index contributed by atoms with van der Waals surface area (Å²) < 4.78 is 40.2. The van der Waals surface area contributed by atoms with E-state index >= 15 is 0 Å². The molecule has 1 aliphatic heterocycles. The lowest BCUT2D eigenvalue weighted by atomic mass is 10.1. The molecule has 0 fully saturated rings. The number of hydrogen-bond acceptors (Lipinski definition) is 4. The largest absolute Gasteiger partial charge is 0.367 e. The van der Waals surface area contributed by atoms with E-state index in [1.165, 1.54) is 24.3 Å². The third-order valence-electron chi connectivity index (χ3n) is 3.25. The van der Waals surface area contributed by atoms with Crippen molar-refractivity contribution in [2.24, 2.45) is 0 Å². The number of rotatable bonds is 2. The van der Waals surface area contributed by atoms with Crippen LogP contribution in [0.15, 0.2) is 30.3 Å². The zero-order chi connectivity index (χ0) is 17.6. The smallest absolute Gasteiger partial charge is 0.324 e. The molecular weight excluding hydrogens is 351 g/mol. The zero-order valence-corrected chi connectivity index (χ0v) is 12.2. The average molecular weight is 356 g/mol. The molecule has 122 valence electrons. The monoisotopic (exact) mass is 355 g/mol. The van der Waals surface area contributed by atoms with E-state index in [0.717, 1.165) is 0 Å². The first-order chi connectivity index (χ1) is 11.3. The Morgan fingerprint density at radius 2 is 1.54 bits per heavy atom. The third kappa shape index (κ3) is 2.31. The van der Waals surface area contributed by atoms with Gasteiger partial charge in [0.15, 0.2) is 17.5 Å². The summed E-state index contributed by atoms with van der Waals surface area (Å²) in [6, 6.07) is 5.86. The van der Waals surface area contributed by atoms with E-state index in [4.69, 9.17) is 11.6 Å². The summed E-state index contributed by atoms with van der Waals surface area (Å²) in [6.45, 7) is 0. The molecule has 2 amide bonds. The molecule has 9 heteroatoms. The molecule has 1 aliphatic rings. The number of imide groups is 1. The molecule has 0 saturated heterocycles. The van der Waals surface area contributed by atoms with Gasteiger partial charge in [-0.05, 0) is 18.2 Å². The van der Waals surface area contributed by atoms with Crippen LogP contribution in [0.1, 0.15) is 31.1 Å². The first kappa shape index (κ1) is 16.0. The molecule has 0 bridgehead atoms. The Morgan fingerprint density at radius 3 is 2.08 bits per heavy atom. The van der Waals surface area contributed by atoms with Crippen LogP contribution in [0.2, 0.25) is 5.02 Å². The highest BCUT2D eigenvalue weighted by molar-refractivity contribution is 6.31. The van der Waals surface area contributed by atoms with Gasteiger partial charge in [0.05, 0.1) is 11.1 Å². The van der Waals surface area contributed by atoms with Gasteiger partial charge < -0.3 is 4.84 Å². The van der Waals surface area contributed by atoms with E-state index in [9.17, 15) is 27.6 Å². The van der Waals surface area contributed by atoms with Crippen LogP contribution in [0.25, 0.3) is 0 Å². The van der Waals surface area contributed by atoms with Crippen LogP contribution in [0, 0.1) is 17.5 Å². The second-order valence-corrected chi connectivity index (χ2v) is 5.05. The number of amides is 2. The quantitative estimate of drug-likeness (QED) is 0.472. The molecule has 0 atom stereocenters. The Kier molecular flexibility index (Phi) is 3.76. The van der Waals surface area contributed by atoms with E-state index in [-0.39, 0.29) is 22.3 Å². The van der Waals surface area contributed by atoms with Crippen molar-refractivity contribution >= 4 is 29.4 Å². The minimum absolute atomic E-state index is 0.0147. The molecule has 0 aliphatic carbocycles. The predicted molar refractivity (Wildman–Crippen MR) is 73.7 cm³/mol. The van der Waals surface area contributed by atoms with Gasteiger partial charge in [-0.3, -0.25) is 9.59 Å². The maximum atomic E-state index is 13.8. The molecule has 5 nitrogen and oxygen atoms in total. The summed E-state index contributed by atoms with van der Waals surface area (Å²) in [6.07, 6.45) is 0. The topological polar surface area (TPSA) is 63.7 Å². The van der Waals surface area contributed by atoms with Crippen molar-refractivity contribution in [1.82, 2.24) is 5.06 Å². The number of hydrogen-bond donors (Lipinski definition) is 0. The van der Waals surface area contributed by atoms with Gasteiger partial charge in [-0.25, -0.2) is 18.0 Å². The van der Waals surface area contributed by atoms with Crippen molar-refractivity contribution < 1.29 is 32.4 Å². The fraction of sp³-hybridized carbons (Fsp3) is 0. The van der Waals surface area contributed by atoms with Crippen molar-refractivity contribution in [2.45, 2.75) is 0 Å². The highest BCUT2D eigenvalue weighted by atomic mass is 35.5. The van der Waals surface area contributed by atoms with Gasteiger partial charge in [0, 0.05) is 0 Å². The van der Waals surface area contributed by atoms with Crippen LogP contribution in [0.3, 0.4) is 0 Å². The predicted octanol–water partition coefficient (Wildman–Crippen LogP) is 3.13. The molecule has 1 heterocycles. The van der Waals surface area contributed by atoms with E-state index in [1.54, 1.807) is 0 Å². The number of nitrogens with zero attached hydrogens (tertiary/aromatic N) is 1. The standard InChI is InChI=1S/C15H5ClF3NO4/c16-10-11(18)8(5-9(17)12(10)19)15(23)24-20-13(21)6-3-1-2-4-7(6)14(20)22/h1-5H. The van der Waals surface area contributed by atoms with Gasteiger partial charge in [0.25, 0.3) is 11.8 Å². The maximum Gasteiger partial charge on any atom is 0.367 e. The van der Waals surface area contributed by atoms with E-state index in [1.807, 2.05) is 0 Å². The number of fused-ring (bicyclic) bond motifs is 1. The first-order valence-corrected chi connectivity index (χ1v) is 6.73. The second-order valence-electron chi connectivity index (χ2n) is 4.68. The lowest BCUT2D eigenvalue weighted by molar-refractivity contribution is -0.0587. The molecule has 0 aromatic heterocycles. The summed E-state index contributed by atoms with van der Waals surface area (Å²) in [5, 5.41) is -1.13. The Hall–Kier alpha value is -2.87. The lowest BCUT2D eigenvalue weighted by Gasteiger charge is -2.13. The van der Waals surface area contributed by atoms with Gasteiger partial charge in [-0.15, -0.1) is 0 Å². The van der Waals surface area contributed by atoms with Gasteiger partial charge in [-0.1, -0.05) is 28.8 Å². The molecule has 0 radical (unpaired) electrons. The number of benzene rings is 2. The second kappa shape index (κ2) is 5.64. The van der Waals surface area contributed by atoms with Crippen LogP contribution in [-0.4, -0.2) is 22.8 Å². The summed E-state index contributed by atoms with van der Waals surface area (Å²) >= 11 is 5.23. The van der Waals surface area contributed by atoms with Crippen LogP contribution >= 0.6 is 11.6 Å². The normalized spacial score (nSPS) is 13.2. The molecule has 24 heavy (non-hydrogen) atoms. The van der Waals surface area contributed by atoms with Gasteiger partial charge in [-0.2, -0.15) is 0 Å². The summed E-state index contributed by atoms with van der Waals surface area (Å²) in [4.78, 5) is 40.5. The number of hydroxylamine groups is 2. The Labute approximate surface area is 137 Å². The molecule has 0 unspecified atom stereocenters. The minimum Gasteiger partial charge on any atom is -0.324 e. The number of carbonyl (C=O) groups excluding carboxylic acids is 3. The highest BCUT2D eigenvalue weighted by Gasteiger charge is 2.39. The van der Waals surface area contributed by atoms with Crippen molar-refractivity contribution in [3.63, 3.8) is 0 Å². The Morgan fingerprint density at radius 1 is 1.00 bits per heavy atom. The number of halogens is 4. The summed E-state index contributed by atoms with van der Waals surface area (Å²) in [5.74, 6) is -8.31. The number of carbonyl (C=O) groups is 3. The highest BCUT2D eigenvalue weighted by Crippen LogP contribution is 2.27. The minimum atomic E-state index is -1.67. The van der Waals surface area contributed by atoms with E-state index in [0.29, 0.717) is 0 Å². The van der Waals surface area contributed by atoms with Crippen LogP contribution in [-0.2, 0) is 4.84 Å². The fourth-order valence-corrected chi connectivity index (χ4v) is 2.30.